The second-order valence-corrected chi connectivity index (χ2v) is 9.06. The molecule has 0 unspecified atom stereocenters. The Kier molecular flexibility index (Phi) is 3.77. The van der Waals surface area contributed by atoms with Crippen LogP contribution in [0.4, 0.5) is 16.2 Å². The van der Waals surface area contributed by atoms with Crippen LogP contribution < -0.4 is 9.80 Å². The summed E-state index contributed by atoms with van der Waals surface area (Å²) >= 11 is 6.22. The lowest BCUT2D eigenvalue weighted by Crippen LogP contribution is -2.37. The number of benzene rings is 2. The minimum Gasteiger partial charge on any atom is -0.288 e. The van der Waals surface area contributed by atoms with Crippen molar-refractivity contribution >= 4 is 38.8 Å². The van der Waals surface area contributed by atoms with Crippen LogP contribution in [-0.4, -0.2) is 38.0 Å². The first kappa shape index (κ1) is 16.4. The Hall–Kier alpha value is -2.05. The van der Waals surface area contributed by atoms with Crippen LogP contribution in [0, 0.1) is 6.92 Å². The van der Waals surface area contributed by atoms with Crippen molar-refractivity contribution in [1.29, 1.82) is 0 Å². The smallest absolute Gasteiger partial charge is 0.288 e. The number of sulfone groups is 1. The summed E-state index contributed by atoms with van der Waals surface area (Å²) < 4.78 is 24.5. The highest BCUT2D eigenvalue weighted by Gasteiger charge is 2.54. The zero-order chi connectivity index (χ0) is 17.8. The number of carbonyl (C=O) groups is 1. The van der Waals surface area contributed by atoms with Gasteiger partial charge in [-0.3, -0.25) is 9.80 Å². The Labute approximate surface area is 151 Å². The fourth-order valence-electron chi connectivity index (χ4n) is 3.63. The van der Waals surface area contributed by atoms with Crippen molar-refractivity contribution in [3.05, 3.63) is 59.1 Å². The van der Waals surface area contributed by atoms with E-state index in [0.29, 0.717) is 16.4 Å². The predicted molar refractivity (Wildman–Crippen MR) is 99.2 cm³/mol. The molecule has 2 fully saturated rings. The summed E-state index contributed by atoms with van der Waals surface area (Å²) in [7, 11) is -3.20. The molecule has 0 aliphatic carbocycles. The van der Waals surface area contributed by atoms with Crippen LogP contribution >= 0.6 is 11.6 Å². The molecule has 2 aromatic carbocycles. The molecule has 5 nitrogen and oxygen atoms in total. The fourth-order valence-corrected chi connectivity index (χ4v) is 5.72. The standard InChI is InChI=1S/C18H17ClN2O3S/c1-12-7-8-14(9-15(12)19)21-17-11-25(23,24)10-16(17)20(18(21)22)13-5-3-2-4-6-13/h2-9,16-17H,10-11H2,1H3/t16-,17-/m0/s1. The van der Waals surface area contributed by atoms with Gasteiger partial charge in [0.1, 0.15) is 0 Å². The van der Waals surface area contributed by atoms with Crippen molar-refractivity contribution in [2.75, 3.05) is 21.3 Å². The van der Waals surface area contributed by atoms with E-state index in [4.69, 9.17) is 11.6 Å². The Morgan fingerprint density at radius 2 is 1.56 bits per heavy atom. The van der Waals surface area contributed by atoms with E-state index in [-0.39, 0.29) is 23.6 Å². The molecule has 0 aromatic heterocycles. The topological polar surface area (TPSA) is 57.7 Å². The summed E-state index contributed by atoms with van der Waals surface area (Å²) in [5, 5.41) is 0.556. The van der Waals surface area contributed by atoms with E-state index in [2.05, 4.69) is 0 Å². The summed E-state index contributed by atoms with van der Waals surface area (Å²) in [4.78, 5) is 16.3. The van der Waals surface area contributed by atoms with Gasteiger partial charge in [0.15, 0.2) is 9.84 Å². The Bertz CT molecular complexity index is 946. The minimum atomic E-state index is -3.20. The largest absolute Gasteiger partial charge is 0.329 e. The molecule has 4 rings (SSSR count). The van der Waals surface area contributed by atoms with Gasteiger partial charge >= 0.3 is 6.03 Å². The Morgan fingerprint density at radius 3 is 2.16 bits per heavy atom. The van der Waals surface area contributed by atoms with E-state index in [9.17, 15) is 13.2 Å². The van der Waals surface area contributed by atoms with E-state index in [0.717, 1.165) is 5.56 Å². The Morgan fingerprint density at radius 1 is 0.960 bits per heavy atom. The van der Waals surface area contributed by atoms with Crippen LogP contribution in [0.25, 0.3) is 0 Å². The number of rotatable bonds is 2. The molecule has 2 aliphatic rings. The number of amides is 2. The molecule has 0 N–H and O–H groups in total. The van der Waals surface area contributed by atoms with Gasteiger partial charge in [0.25, 0.3) is 0 Å². The van der Waals surface area contributed by atoms with Gasteiger partial charge in [-0.1, -0.05) is 35.9 Å². The molecule has 0 radical (unpaired) electrons. The third kappa shape index (κ3) is 2.69. The highest BCUT2D eigenvalue weighted by Crippen LogP contribution is 2.38. The van der Waals surface area contributed by atoms with Crippen molar-refractivity contribution < 1.29 is 13.2 Å². The quantitative estimate of drug-likeness (QED) is 0.756. The van der Waals surface area contributed by atoms with Gasteiger partial charge < -0.3 is 0 Å². The van der Waals surface area contributed by atoms with Crippen LogP contribution in [0.15, 0.2) is 48.5 Å². The van der Waals surface area contributed by atoms with Crippen molar-refractivity contribution in [3.63, 3.8) is 0 Å². The fraction of sp³-hybridized carbons (Fsp3) is 0.278. The third-order valence-electron chi connectivity index (χ3n) is 4.84. The zero-order valence-electron chi connectivity index (χ0n) is 13.6. The number of hydrogen-bond acceptors (Lipinski definition) is 3. The van der Waals surface area contributed by atoms with E-state index in [1.807, 2.05) is 49.4 Å². The lowest BCUT2D eigenvalue weighted by atomic mass is 10.1. The van der Waals surface area contributed by atoms with Crippen molar-refractivity contribution in [2.24, 2.45) is 0 Å². The van der Waals surface area contributed by atoms with Crippen LogP contribution in [0.2, 0.25) is 5.02 Å². The highest BCUT2D eigenvalue weighted by atomic mass is 35.5. The molecule has 25 heavy (non-hydrogen) atoms. The van der Waals surface area contributed by atoms with Crippen molar-refractivity contribution in [2.45, 2.75) is 19.0 Å². The van der Waals surface area contributed by atoms with Crippen molar-refractivity contribution in [1.82, 2.24) is 0 Å². The number of aryl methyl sites for hydroxylation is 1. The first-order valence-electron chi connectivity index (χ1n) is 8.01. The number of hydrogen-bond donors (Lipinski definition) is 0. The van der Waals surface area contributed by atoms with Gasteiger partial charge in [0.05, 0.1) is 23.6 Å². The van der Waals surface area contributed by atoms with Crippen LogP contribution in [0.5, 0.6) is 0 Å². The zero-order valence-corrected chi connectivity index (χ0v) is 15.2. The molecule has 2 heterocycles. The van der Waals surface area contributed by atoms with Gasteiger partial charge in [0, 0.05) is 16.4 Å². The Balaban J connectivity index is 1.82. The number of fused-ring (bicyclic) bond motifs is 1. The number of urea groups is 1. The van der Waals surface area contributed by atoms with E-state index < -0.39 is 15.9 Å². The molecule has 2 saturated heterocycles. The third-order valence-corrected chi connectivity index (χ3v) is 6.94. The maximum atomic E-state index is 13.1. The molecule has 2 amide bonds. The van der Waals surface area contributed by atoms with E-state index in [1.165, 1.54) is 0 Å². The SMILES string of the molecule is Cc1ccc(N2C(=O)N(c3ccccc3)[C@H]3CS(=O)(=O)C[C@@H]32)cc1Cl. The maximum absolute atomic E-state index is 13.1. The van der Waals surface area contributed by atoms with Gasteiger partial charge in [-0.25, -0.2) is 13.2 Å². The van der Waals surface area contributed by atoms with E-state index >= 15 is 0 Å². The lowest BCUT2D eigenvalue weighted by Gasteiger charge is -2.23. The number of halogens is 1. The summed E-state index contributed by atoms with van der Waals surface area (Å²) in [5.74, 6) is -0.0490. The molecule has 0 spiro atoms. The number of carbonyl (C=O) groups excluding carboxylic acids is 1. The highest BCUT2D eigenvalue weighted by molar-refractivity contribution is 7.91. The first-order valence-corrected chi connectivity index (χ1v) is 10.2. The molecule has 7 heteroatoms. The van der Waals surface area contributed by atoms with E-state index in [1.54, 1.807) is 15.9 Å². The average Bonchev–Trinajstić information content (AvgIpc) is 3.00. The van der Waals surface area contributed by atoms with Crippen LogP contribution in [0.3, 0.4) is 0 Å². The van der Waals surface area contributed by atoms with Crippen molar-refractivity contribution in [3.8, 4) is 0 Å². The summed E-state index contributed by atoms with van der Waals surface area (Å²) in [6.45, 7) is 1.89. The van der Waals surface area contributed by atoms with Gasteiger partial charge in [0.2, 0.25) is 0 Å². The average molecular weight is 377 g/mol. The molecule has 2 atom stereocenters. The van der Waals surface area contributed by atoms with Crippen LogP contribution in [-0.2, 0) is 9.84 Å². The second-order valence-electron chi connectivity index (χ2n) is 6.50. The molecular formula is C18H17ClN2O3S. The molecule has 0 bridgehead atoms. The molecule has 130 valence electrons. The minimum absolute atomic E-state index is 0.0194. The molecular weight excluding hydrogens is 360 g/mol. The molecule has 0 saturated carbocycles. The normalized spacial score (nSPS) is 24.6. The number of anilines is 2. The maximum Gasteiger partial charge on any atom is 0.329 e. The second kappa shape index (κ2) is 5.75. The van der Waals surface area contributed by atoms with Crippen LogP contribution in [0.1, 0.15) is 5.56 Å². The predicted octanol–water partition coefficient (Wildman–Crippen LogP) is 3.26. The molecule has 2 aromatic rings. The van der Waals surface area contributed by atoms with Gasteiger partial charge in [-0.15, -0.1) is 0 Å². The molecule has 2 aliphatic heterocycles. The van der Waals surface area contributed by atoms with Gasteiger partial charge in [-0.2, -0.15) is 0 Å². The first-order chi connectivity index (χ1) is 11.9. The van der Waals surface area contributed by atoms with Gasteiger partial charge in [-0.05, 0) is 36.8 Å². The lowest BCUT2D eigenvalue weighted by molar-refractivity contribution is 0.255. The monoisotopic (exact) mass is 376 g/mol. The summed E-state index contributed by atoms with van der Waals surface area (Å²) in [5.41, 5.74) is 2.25. The number of para-hydroxylation sites is 1. The summed E-state index contributed by atoms with van der Waals surface area (Å²) in [6, 6.07) is 13.6. The number of nitrogens with zero attached hydrogens (tertiary/aromatic N) is 2. The summed E-state index contributed by atoms with van der Waals surface area (Å²) in [6.07, 6.45) is 0.